The van der Waals surface area contributed by atoms with E-state index >= 15 is 0 Å². The lowest BCUT2D eigenvalue weighted by molar-refractivity contribution is -0.118. The summed E-state index contributed by atoms with van der Waals surface area (Å²) in [6, 6.07) is 13.1. The minimum Gasteiger partial charge on any atom is -0.312 e. The average molecular weight is 358 g/mol. The van der Waals surface area contributed by atoms with E-state index in [-0.39, 0.29) is 23.8 Å². The maximum Gasteiger partial charge on any atom is 0.240 e. The molecule has 1 aliphatic rings. The summed E-state index contributed by atoms with van der Waals surface area (Å²) in [6.07, 6.45) is 0.981. The molecule has 2 aromatic rings. The first-order valence-corrected chi connectivity index (χ1v) is 9.82. The van der Waals surface area contributed by atoms with E-state index in [0.717, 1.165) is 23.2 Å². The number of nitrogens with one attached hydrogen (secondary N) is 1. The Bertz CT molecular complexity index is 907. The minimum atomic E-state index is -3.61. The number of amides is 1. The molecule has 2 aromatic carbocycles. The molecular formula is C19H22N2O3S. The van der Waals surface area contributed by atoms with Crippen LogP contribution in [0.25, 0.3) is 0 Å². The Kier molecular flexibility index (Phi) is 4.92. The van der Waals surface area contributed by atoms with Gasteiger partial charge in [-0.05, 0) is 49.1 Å². The molecule has 1 N–H and O–H groups in total. The highest BCUT2D eigenvalue weighted by molar-refractivity contribution is 7.89. The second kappa shape index (κ2) is 6.98. The van der Waals surface area contributed by atoms with Crippen LogP contribution in [-0.4, -0.2) is 27.4 Å². The third kappa shape index (κ3) is 3.75. The van der Waals surface area contributed by atoms with Crippen molar-refractivity contribution in [3.05, 3.63) is 59.2 Å². The van der Waals surface area contributed by atoms with Gasteiger partial charge in [-0.3, -0.25) is 4.79 Å². The van der Waals surface area contributed by atoms with E-state index in [0.29, 0.717) is 12.1 Å². The van der Waals surface area contributed by atoms with Gasteiger partial charge in [0.1, 0.15) is 0 Å². The number of sulfonamides is 1. The van der Waals surface area contributed by atoms with Crippen LogP contribution in [0.3, 0.4) is 0 Å². The zero-order chi connectivity index (χ0) is 18.0. The molecule has 5 nitrogen and oxygen atoms in total. The third-order valence-corrected chi connectivity index (χ3v) is 6.06. The standard InChI is InChI=1S/C19H22N2O3S/c1-14-7-8-15(2)18(13-14)25(23,24)20-11-9-19(22)21-12-10-16-5-3-4-6-17(16)21/h3-8,13,20H,9-12H2,1-2H3. The van der Waals surface area contributed by atoms with Gasteiger partial charge in [0.25, 0.3) is 0 Å². The Morgan fingerprint density at radius 2 is 1.92 bits per heavy atom. The number of carbonyl (C=O) groups excluding carboxylic acids is 1. The first kappa shape index (κ1) is 17.6. The molecule has 6 heteroatoms. The van der Waals surface area contributed by atoms with Gasteiger partial charge in [0, 0.05) is 25.2 Å². The lowest BCUT2D eigenvalue weighted by Crippen LogP contribution is -2.33. The Balaban J connectivity index is 1.63. The summed E-state index contributed by atoms with van der Waals surface area (Å²) in [5, 5.41) is 0. The van der Waals surface area contributed by atoms with Crippen LogP contribution < -0.4 is 9.62 Å². The zero-order valence-electron chi connectivity index (χ0n) is 14.5. The third-order valence-electron chi connectivity index (χ3n) is 4.45. The van der Waals surface area contributed by atoms with Crippen LogP contribution in [0, 0.1) is 13.8 Å². The number of hydrogen-bond donors (Lipinski definition) is 1. The Morgan fingerprint density at radius 3 is 2.72 bits per heavy atom. The van der Waals surface area contributed by atoms with Gasteiger partial charge in [-0.1, -0.05) is 30.3 Å². The maximum absolute atomic E-state index is 12.5. The van der Waals surface area contributed by atoms with Crippen molar-refractivity contribution in [3.8, 4) is 0 Å². The van der Waals surface area contributed by atoms with E-state index in [2.05, 4.69) is 4.72 Å². The fourth-order valence-electron chi connectivity index (χ4n) is 3.10. The number of rotatable bonds is 5. The quantitative estimate of drug-likeness (QED) is 0.893. The van der Waals surface area contributed by atoms with Crippen LogP contribution in [0.2, 0.25) is 0 Å². The van der Waals surface area contributed by atoms with Gasteiger partial charge >= 0.3 is 0 Å². The molecule has 0 saturated heterocycles. The zero-order valence-corrected chi connectivity index (χ0v) is 15.3. The van der Waals surface area contributed by atoms with Gasteiger partial charge < -0.3 is 4.90 Å². The molecule has 0 unspecified atom stereocenters. The van der Waals surface area contributed by atoms with Crippen LogP contribution in [0.15, 0.2) is 47.4 Å². The van der Waals surface area contributed by atoms with Crippen molar-refractivity contribution < 1.29 is 13.2 Å². The van der Waals surface area contributed by atoms with Crippen molar-refractivity contribution >= 4 is 21.6 Å². The molecular weight excluding hydrogens is 336 g/mol. The predicted molar refractivity (Wildman–Crippen MR) is 98.2 cm³/mol. The molecule has 1 amide bonds. The highest BCUT2D eigenvalue weighted by Gasteiger charge is 2.24. The smallest absolute Gasteiger partial charge is 0.240 e. The Labute approximate surface area is 148 Å². The fourth-order valence-corrected chi connectivity index (χ4v) is 4.46. The van der Waals surface area contributed by atoms with Crippen LogP contribution in [0.1, 0.15) is 23.1 Å². The van der Waals surface area contributed by atoms with Gasteiger partial charge in [0.2, 0.25) is 15.9 Å². The number of nitrogens with zero attached hydrogens (tertiary/aromatic N) is 1. The van der Waals surface area contributed by atoms with Crippen molar-refractivity contribution in [1.29, 1.82) is 0 Å². The minimum absolute atomic E-state index is 0.0615. The molecule has 3 rings (SSSR count). The largest absolute Gasteiger partial charge is 0.312 e. The number of fused-ring (bicyclic) bond motifs is 1. The van der Waals surface area contributed by atoms with Gasteiger partial charge in [-0.25, -0.2) is 13.1 Å². The molecule has 0 radical (unpaired) electrons. The number of anilines is 1. The van der Waals surface area contributed by atoms with E-state index in [9.17, 15) is 13.2 Å². The lowest BCUT2D eigenvalue weighted by Gasteiger charge is -2.17. The van der Waals surface area contributed by atoms with Crippen molar-refractivity contribution in [3.63, 3.8) is 0 Å². The summed E-state index contributed by atoms with van der Waals surface area (Å²) in [4.78, 5) is 14.5. The SMILES string of the molecule is Cc1ccc(C)c(S(=O)(=O)NCCC(=O)N2CCc3ccccc32)c1. The second-order valence-corrected chi connectivity index (χ2v) is 8.08. The normalized spacial score (nSPS) is 13.8. The van der Waals surface area contributed by atoms with E-state index in [1.54, 1.807) is 24.0 Å². The molecule has 0 spiro atoms. The van der Waals surface area contributed by atoms with Crippen molar-refractivity contribution in [2.24, 2.45) is 0 Å². The summed E-state index contributed by atoms with van der Waals surface area (Å²) in [7, 11) is -3.61. The molecule has 0 aromatic heterocycles. The Morgan fingerprint density at radius 1 is 1.16 bits per heavy atom. The summed E-state index contributed by atoms with van der Waals surface area (Å²) in [5.74, 6) is -0.0615. The van der Waals surface area contributed by atoms with Crippen LogP contribution >= 0.6 is 0 Å². The predicted octanol–water partition coefficient (Wildman–Crippen LogP) is 2.56. The molecule has 132 valence electrons. The topological polar surface area (TPSA) is 66.5 Å². The first-order valence-electron chi connectivity index (χ1n) is 8.34. The van der Waals surface area contributed by atoms with Gasteiger partial charge in [-0.2, -0.15) is 0 Å². The number of hydrogen-bond acceptors (Lipinski definition) is 3. The molecule has 0 atom stereocenters. The van der Waals surface area contributed by atoms with E-state index in [1.165, 1.54) is 0 Å². The molecule has 1 heterocycles. The van der Waals surface area contributed by atoms with Crippen LogP contribution in [0.4, 0.5) is 5.69 Å². The second-order valence-electron chi connectivity index (χ2n) is 6.34. The Hall–Kier alpha value is -2.18. The van der Waals surface area contributed by atoms with Crippen molar-refractivity contribution in [2.45, 2.75) is 31.6 Å². The summed E-state index contributed by atoms with van der Waals surface area (Å²) < 4.78 is 27.5. The molecule has 0 fully saturated rings. The molecule has 1 aliphatic heterocycles. The first-order chi connectivity index (χ1) is 11.9. The number of benzene rings is 2. The van der Waals surface area contributed by atoms with Crippen molar-refractivity contribution in [1.82, 2.24) is 4.72 Å². The van der Waals surface area contributed by atoms with E-state index in [1.807, 2.05) is 37.3 Å². The molecule has 0 saturated carbocycles. The molecule has 25 heavy (non-hydrogen) atoms. The molecule has 0 bridgehead atoms. The summed E-state index contributed by atoms with van der Waals surface area (Å²) >= 11 is 0. The van der Waals surface area contributed by atoms with Crippen LogP contribution in [0.5, 0.6) is 0 Å². The number of para-hydroxylation sites is 1. The monoisotopic (exact) mass is 358 g/mol. The van der Waals surface area contributed by atoms with E-state index in [4.69, 9.17) is 0 Å². The number of aryl methyl sites for hydroxylation is 2. The molecule has 0 aliphatic carbocycles. The highest BCUT2D eigenvalue weighted by Crippen LogP contribution is 2.27. The fraction of sp³-hybridized carbons (Fsp3) is 0.316. The van der Waals surface area contributed by atoms with E-state index < -0.39 is 10.0 Å². The van der Waals surface area contributed by atoms with Crippen LogP contribution in [-0.2, 0) is 21.2 Å². The average Bonchev–Trinajstić information content (AvgIpc) is 3.01. The lowest BCUT2D eigenvalue weighted by atomic mass is 10.2. The highest BCUT2D eigenvalue weighted by atomic mass is 32.2. The van der Waals surface area contributed by atoms with Gasteiger partial charge in [0.05, 0.1) is 4.90 Å². The van der Waals surface area contributed by atoms with Gasteiger partial charge in [0.15, 0.2) is 0 Å². The van der Waals surface area contributed by atoms with Crippen molar-refractivity contribution in [2.75, 3.05) is 18.0 Å². The number of carbonyl (C=O) groups is 1. The summed E-state index contributed by atoms with van der Waals surface area (Å²) in [5.41, 5.74) is 3.67. The van der Waals surface area contributed by atoms with Gasteiger partial charge in [-0.15, -0.1) is 0 Å². The summed E-state index contributed by atoms with van der Waals surface area (Å²) in [6.45, 7) is 4.36. The maximum atomic E-state index is 12.5.